The molecular weight excluding hydrogens is 477 g/mol. The van der Waals surface area contributed by atoms with Gasteiger partial charge in [0.1, 0.15) is 5.75 Å². The molecule has 9 nitrogen and oxygen atoms in total. The van der Waals surface area contributed by atoms with Gasteiger partial charge < -0.3 is 19.5 Å². The van der Waals surface area contributed by atoms with Crippen molar-refractivity contribution in [2.45, 2.75) is 6.54 Å². The van der Waals surface area contributed by atoms with E-state index in [9.17, 15) is 24.4 Å². The van der Waals surface area contributed by atoms with E-state index in [4.69, 9.17) is 9.47 Å². The molecule has 2 aromatic heterocycles. The predicted molar refractivity (Wildman–Crippen MR) is 128 cm³/mol. The number of hydrogen-bond donors (Lipinski definition) is 1. The number of methoxy groups -OCH3 is 1. The molecular formula is C24H20FN3O6S. The number of carboxylic acid groups (broad SMARTS) is 1. The number of carbonyl (C=O) groups is 1. The Morgan fingerprint density at radius 1 is 1.20 bits per heavy atom. The lowest BCUT2D eigenvalue weighted by Crippen LogP contribution is -2.32. The molecule has 2 heterocycles. The van der Waals surface area contributed by atoms with Crippen LogP contribution in [0, 0.1) is 15.9 Å². The molecule has 1 N–H and O–H groups in total. The SMILES string of the molecule is COCCN(Cc1cccc(-c2cc3nccc(Oc4ccc([N+](=O)[O-])cc4F)c3s2)c1)C(=O)O. The first kappa shape index (κ1) is 24.0. The minimum absolute atomic E-state index is 0.134. The maximum absolute atomic E-state index is 14.4. The van der Waals surface area contributed by atoms with Gasteiger partial charge in [0.25, 0.3) is 5.69 Å². The number of nitrogens with zero attached hydrogens (tertiary/aromatic N) is 3. The number of nitro groups is 1. The fourth-order valence-corrected chi connectivity index (χ4v) is 4.49. The number of thiophene rings is 1. The summed E-state index contributed by atoms with van der Waals surface area (Å²) in [7, 11) is 1.52. The van der Waals surface area contributed by atoms with Crippen LogP contribution >= 0.6 is 11.3 Å². The first-order valence-electron chi connectivity index (χ1n) is 10.4. The van der Waals surface area contributed by atoms with Crippen molar-refractivity contribution in [2.75, 3.05) is 20.3 Å². The molecule has 0 spiro atoms. The van der Waals surface area contributed by atoms with E-state index in [1.165, 1.54) is 41.7 Å². The van der Waals surface area contributed by atoms with Crippen LogP contribution in [0.3, 0.4) is 0 Å². The fraction of sp³-hybridized carbons (Fsp3) is 0.167. The molecule has 4 aromatic rings. The molecule has 1 amide bonds. The molecule has 11 heteroatoms. The van der Waals surface area contributed by atoms with E-state index in [-0.39, 0.29) is 24.5 Å². The largest absolute Gasteiger partial charge is 0.465 e. The van der Waals surface area contributed by atoms with Gasteiger partial charge in [0.05, 0.1) is 27.8 Å². The van der Waals surface area contributed by atoms with Crippen molar-refractivity contribution in [1.82, 2.24) is 9.88 Å². The molecule has 0 fully saturated rings. The Balaban J connectivity index is 1.62. The second-order valence-corrected chi connectivity index (χ2v) is 8.56. The van der Waals surface area contributed by atoms with E-state index in [1.54, 1.807) is 6.07 Å². The average Bonchev–Trinajstić information content (AvgIpc) is 3.28. The van der Waals surface area contributed by atoms with Gasteiger partial charge in [0.15, 0.2) is 11.6 Å². The smallest absolute Gasteiger partial charge is 0.407 e. The quantitative estimate of drug-likeness (QED) is 0.225. The molecule has 180 valence electrons. The number of fused-ring (bicyclic) bond motifs is 1. The van der Waals surface area contributed by atoms with Crippen molar-refractivity contribution in [3.05, 3.63) is 82.3 Å². The maximum Gasteiger partial charge on any atom is 0.407 e. The molecule has 0 aliphatic carbocycles. The lowest BCUT2D eigenvalue weighted by Gasteiger charge is -2.19. The molecule has 0 saturated carbocycles. The Morgan fingerprint density at radius 2 is 2.03 bits per heavy atom. The van der Waals surface area contributed by atoms with Gasteiger partial charge in [-0.3, -0.25) is 15.1 Å². The summed E-state index contributed by atoms with van der Waals surface area (Å²) < 4.78 is 25.8. The van der Waals surface area contributed by atoms with Crippen LogP contribution < -0.4 is 4.74 Å². The molecule has 0 radical (unpaired) electrons. The molecule has 0 unspecified atom stereocenters. The predicted octanol–water partition coefficient (Wildman–Crippen LogP) is 5.93. The highest BCUT2D eigenvalue weighted by atomic mass is 32.1. The van der Waals surface area contributed by atoms with Crippen LogP contribution in [0.25, 0.3) is 20.7 Å². The Kier molecular flexibility index (Phi) is 7.18. The topological polar surface area (TPSA) is 115 Å². The van der Waals surface area contributed by atoms with Gasteiger partial charge in [0.2, 0.25) is 0 Å². The Hall–Kier alpha value is -4.09. The molecule has 4 rings (SSSR count). The minimum atomic E-state index is -1.03. The second kappa shape index (κ2) is 10.5. The summed E-state index contributed by atoms with van der Waals surface area (Å²) in [6, 6.07) is 14.2. The molecule has 0 bridgehead atoms. The van der Waals surface area contributed by atoms with Gasteiger partial charge in [-0.2, -0.15) is 0 Å². The van der Waals surface area contributed by atoms with Gasteiger partial charge in [-0.15, -0.1) is 11.3 Å². The van der Waals surface area contributed by atoms with Crippen LogP contribution in [-0.2, 0) is 11.3 Å². The van der Waals surface area contributed by atoms with E-state index in [1.807, 2.05) is 30.3 Å². The molecule has 0 aliphatic rings. The first-order chi connectivity index (χ1) is 16.9. The lowest BCUT2D eigenvalue weighted by molar-refractivity contribution is -0.385. The van der Waals surface area contributed by atoms with Crippen molar-refractivity contribution in [3.8, 4) is 21.9 Å². The Bertz CT molecular complexity index is 1390. The summed E-state index contributed by atoms with van der Waals surface area (Å²) >= 11 is 1.39. The number of nitro benzene ring substituents is 1. The highest BCUT2D eigenvalue weighted by Gasteiger charge is 2.16. The average molecular weight is 498 g/mol. The van der Waals surface area contributed by atoms with Gasteiger partial charge in [-0.05, 0) is 29.3 Å². The third kappa shape index (κ3) is 5.53. The van der Waals surface area contributed by atoms with Crippen LogP contribution in [0.2, 0.25) is 0 Å². The van der Waals surface area contributed by atoms with E-state index in [2.05, 4.69) is 4.98 Å². The second-order valence-electron chi connectivity index (χ2n) is 7.51. The molecule has 0 saturated heterocycles. The standard InChI is InChI=1S/C24H20FN3O6S/c1-33-10-9-27(24(29)30)14-15-3-2-4-16(11-15)22-13-19-23(35-22)21(7-8-26-19)34-20-6-5-17(28(31)32)12-18(20)25/h2-8,11-13H,9-10,14H2,1H3,(H,29,30). The highest BCUT2D eigenvalue weighted by Crippen LogP contribution is 2.40. The van der Waals surface area contributed by atoms with Crippen LogP contribution in [0.15, 0.2) is 60.8 Å². The number of aromatic nitrogens is 1. The number of amides is 1. The maximum atomic E-state index is 14.4. The van der Waals surface area contributed by atoms with Gasteiger partial charge in [-0.25, -0.2) is 9.18 Å². The van der Waals surface area contributed by atoms with Gasteiger partial charge in [-0.1, -0.05) is 18.2 Å². The van der Waals surface area contributed by atoms with Gasteiger partial charge in [0, 0.05) is 43.4 Å². The Labute approximate surface area is 203 Å². The van der Waals surface area contributed by atoms with E-state index < -0.39 is 16.8 Å². The van der Waals surface area contributed by atoms with E-state index in [0.717, 1.165) is 22.1 Å². The van der Waals surface area contributed by atoms with Crippen molar-refractivity contribution < 1.29 is 28.7 Å². The summed E-state index contributed by atoms with van der Waals surface area (Å²) in [5.74, 6) is -0.609. The number of ether oxygens (including phenoxy) is 2. The van der Waals surface area contributed by atoms with E-state index >= 15 is 0 Å². The van der Waals surface area contributed by atoms with Crippen LogP contribution in [-0.4, -0.2) is 46.3 Å². The Morgan fingerprint density at radius 3 is 2.74 bits per heavy atom. The van der Waals surface area contributed by atoms with Crippen molar-refractivity contribution >= 4 is 33.3 Å². The molecule has 2 aromatic carbocycles. The van der Waals surface area contributed by atoms with Crippen LogP contribution in [0.4, 0.5) is 14.9 Å². The summed E-state index contributed by atoms with van der Waals surface area (Å²) in [4.78, 5) is 28.2. The summed E-state index contributed by atoms with van der Waals surface area (Å²) in [6.07, 6.45) is 0.507. The molecule has 0 aliphatic heterocycles. The first-order valence-corrected chi connectivity index (χ1v) is 11.2. The zero-order chi connectivity index (χ0) is 24.9. The number of halogens is 1. The molecule has 0 atom stereocenters. The zero-order valence-corrected chi connectivity index (χ0v) is 19.3. The number of non-ortho nitro benzene ring substituents is 1. The summed E-state index contributed by atoms with van der Waals surface area (Å²) in [5, 5.41) is 20.3. The van der Waals surface area contributed by atoms with Crippen molar-refractivity contribution in [3.63, 3.8) is 0 Å². The number of pyridine rings is 1. The highest BCUT2D eigenvalue weighted by molar-refractivity contribution is 7.22. The zero-order valence-electron chi connectivity index (χ0n) is 18.5. The number of rotatable bonds is 9. The fourth-order valence-electron chi connectivity index (χ4n) is 3.43. The van der Waals surface area contributed by atoms with Crippen LogP contribution in [0.5, 0.6) is 11.5 Å². The van der Waals surface area contributed by atoms with Crippen molar-refractivity contribution in [1.29, 1.82) is 0 Å². The van der Waals surface area contributed by atoms with Gasteiger partial charge >= 0.3 is 6.09 Å². The van der Waals surface area contributed by atoms with Crippen LogP contribution in [0.1, 0.15) is 5.56 Å². The van der Waals surface area contributed by atoms with E-state index in [0.29, 0.717) is 22.6 Å². The third-order valence-electron chi connectivity index (χ3n) is 5.14. The third-order valence-corrected chi connectivity index (χ3v) is 6.33. The summed E-state index contributed by atoms with van der Waals surface area (Å²) in [5.41, 5.74) is 1.96. The molecule has 35 heavy (non-hydrogen) atoms. The number of benzene rings is 2. The normalized spacial score (nSPS) is 10.9. The number of hydrogen-bond acceptors (Lipinski definition) is 7. The lowest BCUT2D eigenvalue weighted by atomic mass is 10.1. The minimum Gasteiger partial charge on any atom is -0.465 e. The summed E-state index contributed by atoms with van der Waals surface area (Å²) in [6.45, 7) is 0.762. The monoisotopic (exact) mass is 497 g/mol. The van der Waals surface area contributed by atoms with Crippen molar-refractivity contribution in [2.24, 2.45) is 0 Å².